The lowest BCUT2D eigenvalue weighted by Crippen LogP contribution is -2.06. The summed E-state index contributed by atoms with van der Waals surface area (Å²) in [5.74, 6) is 1.38. The van der Waals surface area contributed by atoms with Crippen molar-refractivity contribution in [2.24, 2.45) is 0 Å². The van der Waals surface area contributed by atoms with Crippen molar-refractivity contribution in [2.45, 2.75) is 32.2 Å². The molecule has 0 bridgehead atoms. The minimum absolute atomic E-state index is 0.0121. The topological polar surface area (TPSA) is 74.7 Å². The number of thiophene rings is 1. The van der Waals surface area contributed by atoms with Gasteiger partial charge in [-0.3, -0.25) is 0 Å². The second-order valence-corrected chi connectivity index (χ2v) is 5.66. The van der Waals surface area contributed by atoms with Crippen LogP contribution in [0.15, 0.2) is 17.5 Å². The van der Waals surface area contributed by atoms with Crippen LogP contribution in [0, 0.1) is 11.3 Å². The van der Waals surface area contributed by atoms with Crippen LogP contribution in [0.25, 0.3) is 11.3 Å². The first-order valence-corrected chi connectivity index (χ1v) is 7.49. The zero-order chi connectivity index (χ0) is 13.9. The number of fused-ring (bicyclic) bond motifs is 1. The summed E-state index contributed by atoms with van der Waals surface area (Å²) in [7, 11) is 0. The van der Waals surface area contributed by atoms with Crippen molar-refractivity contribution >= 4 is 22.7 Å². The van der Waals surface area contributed by atoms with Crippen molar-refractivity contribution < 1.29 is 5.11 Å². The molecule has 2 aromatic rings. The molecule has 1 N–H and O–H groups in total. The number of hydrogen-bond acceptors (Lipinski definition) is 5. The van der Waals surface area contributed by atoms with Gasteiger partial charge in [0, 0.05) is 13.0 Å². The van der Waals surface area contributed by atoms with Crippen molar-refractivity contribution in [3.63, 3.8) is 0 Å². The lowest BCUT2D eigenvalue weighted by Gasteiger charge is -2.07. The molecule has 0 saturated heterocycles. The van der Waals surface area contributed by atoms with E-state index in [1.54, 1.807) is 6.07 Å². The maximum Gasteiger partial charge on any atom is 0.178 e. The summed E-state index contributed by atoms with van der Waals surface area (Å²) >= 11 is 1.40. The fourth-order valence-corrected chi connectivity index (χ4v) is 3.09. The Hall–Kier alpha value is -2.13. The van der Waals surface area contributed by atoms with Crippen LogP contribution >= 0.6 is 11.3 Å². The van der Waals surface area contributed by atoms with Crippen LogP contribution in [0.3, 0.4) is 0 Å². The molecule has 0 spiro atoms. The number of hydrogen-bond donors (Lipinski definition) is 1. The molecule has 0 unspecified atom stereocenters. The van der Waals surface area contributed by atoms with E-state index in [-0.39, 0.29) is 11.3 Å². The predicted octanol–water partition coefficient (Wildman–Crippen LogP) is 3.02. The highest BCUT2D eigenvalue weighted by Gasteiger charge is 2.21. The zero-order valence-electron chi connectivity index (χ0n) is 10.9. The molecule has 0 radical (unpaired) electrons. The Balaban J connectivity index is 2.09. The molecule has 0 aromatic carbocycles. The minimum Gasteiger partial charge on any atom is -0.505 e. The van der Waals surface area contributed by atoms with Crippen molar-refractivity contribution in [2.75, 3.05) is 0 Å². The highest BCUT2D eigenvalue weighted by Crippen LogP contribution is 2.27. The second-order valence-electron chi connectivity index (χ2n) is 4.71. The van der Waals surface area contributed by atoms with Gasteiger partial charge in [-0.25, -0.2) is 0 Å². The lowest BCUT2D eigenvalue weighted by atomic mass is 10.2. The Morgan fingerprint density at radius 2 is 2.25 bits per heavy atom. The maximum absolute atomic E-state index is 10.3. The summed E-state index contributed by atoms with van der Waals surface area (Å²) in [4.78, 5) is 0.674. The Morgan fingerprint density at radius 3 is 3.00 bits per heavy atom. The molecule has 20 heavy (non-hydrogen) atoms. The van der Waals surface area contributed by atoms with E-state index in [1.807, 2.05) is 16.0 Å². The van der Waals surface area contributed by atoms with Crippen LogP contribution in [0.1, 0.15) is 35.8 Å². The maximum atomic E-state index is 10.3. The fraction of sp³-hybridized carbons (Fsp3) is 0.357. The molecule has 102 valence electrons. The molecule has 2 aromatic heterocycles. The second kappa shape index (κ2) is 5.47. The summed E-state index contributed by atoms with van der Waals surface area (Å²) in [5, 5.41) is 29.8. The molecule has 5 nitrogen and oxygen atoms in total. The first kappa shape index (κ1) is 12.9. The van der Waals surface area contributed by atoms with E-state index >= 15 is 0 Å². The first-order valence-electron chi connectivity index (χ1n) is 6.61. The Bertz CT molecular complexity index is 679. The quantitative estimate of drug-likeness (QED) is 0.680. The van der Waals surface area contributed by atoms with Gasteiger partial charge in [-0.15, -0.1) is 21.5 Å². The highest BCUT2D eigenvalue weighted by molar-refractivity contribution is 7.11. The smallest absolute Gasteiger partial charge is 0.178 e. The number of nitrogens with zero attached hydrogens (tertiary/aromatic N) is 4. The summed E-state index contributed by atoms with van der Waals surface area (Å²) in [6.07, 6.45) is 4.19. The summed E-state index contributed by atoms with van der Waals surface area (Å²) < 4.78 is 1.97. The number of aromatic nitrogens is 3. The monoisotopic (exact) mass is 286 g/mol. The van der Waals surface area contributed by atoms with Gasteiger partial charge in [0.1, 0.15) is 17.5 Å². The average molecular weight is 286 g/mol. The molecule has 0 amide bonds. The van der Waals surface area contributed by atoms with Gasteiger partial charge < -0.3 is 9.67 Å². The lowest BCUT2D eigenvalue weighted by molar-refractivity contribution is 0.515. The van der Waals surface area contributed by atoms with Gasteiger partial charge in [-0.1, -0.05) is 12.5 Å². The number of aliphatic hydroxyl groups is 1. The van der Waals surface area contributed by atoms with E-state index in [1.165, 1.54) is 11.3 Å². The SMILES string of the molecule is N#CC(=C(O)c1cccs1)c1nnc2n1CCCCC2. The first-order chi connectivity index (χ1) is 9.81. The summed E-state index contributed by atoms with van der Waals surface area (Å²) in [5.41, 5.74) is 0.202. The Morgan fingerprint density at radius 1 is 1.35 bits per heavy atom. The van der Waals surface area contributed by atoms with E-state index in [0.29, 0.717) is 10.7 Å². The average Bonchev–Trinajstić information content (AvgIpc) is 3.06. The number of nitriles is 1. The summed E-state index contributed by atoms with van der Waals surface area (Å²) in [6, 6.07) is 5.71. The minimum atomic E-state index is -0.0121. The number of allylic oxidation sites excluding steroid dienone is 1. The molecule has 1 aliphatic heterocycles. The molecular weight excluding hydrogens is 272 g/mol. The molecule has 0 fully saturated rings. The molecule has 0 aliphatic carbocycles. The van der Waals surface area contributed by atoms with Crippen molar-refractivity contribution in [1.82, 2.24) is 14.8 Å². The van der Waals surface area contributed by atoms with Gasteiger partial charge in [-0.2, -0.15) is 5.26 Å². The Kier molecular flexibility index (Phi) is 3.52. The van der Waals surface area contributed by atoms with Crippen LogP contribution in [0.2, 0.25) is 0 Å². The van der Waals surface area contributed by atoms with E-state index < -0.39 is 0 Å². The van der Waals surface area contributed by atoms with Gasteiger partial charge in [0.05, 0.1) is 4.88 Å². The van der Waals surface area contributed by atoms with E-state index in [0.717, 1.165) is 38.1 Å². The van der Waals surface area contributed by atoms with Gasteiger partial charge in [0.2, 0.25) is 0 Å². The normalized spacial score (nSPS) is 15.9. The highest BCUT2D eigenvalue weighted by atomic mass is 32.1. The van der Waals surface area contributed by atoms with Gasteiger partial charge >= 0.3 is 0 Å². The van der Waals surface area contributed by atoms with Crippen molar-refractivity contribution in [3.8, 4) is 6.07 Å². The van der Waals surface area contributed by atoms with Crippen molar-refractivity contribution in [1.29, 1.82) is 5.26 Å². The largest absolute Gasteiger partial charge is 0.505 e. The molecule has 3 heterocycles. The van der Waals surface area contributed by atoms with Crippen molar-refractivity contribution in [3.05, 3.63) is 34.0 Å². The third-order valence-corrected chi connectivity index (χ3v) is 4.31. The molecule has 1 aliphatic rings. The van der Waals surface area contributed by atoms with Crippen LogP contribution < -0.4 is 0 Å². The van der Waals surface area contributed by atoms with Crippen LogP contribution in [0.4, 0.5) is 0 Å². The van der Waals surface area contributed by atoms with Crippen LogP contribution in [-0.4, -0.2) is 19.9 Å². The molecule has 0 saturated carbocycles. The Labute approximate surface area is 120 Å². The van der Waals surface area contributed by atoms with E-state index in [4.69, 9.17) is 0 Å². The fourth-order valence-electron chi connectivity index (χ4n) is 2.42. The standard InChI is InChI=1S/C14H14N4OS/c15-9-10(13(19)11-5-4-8-20-11)14-17-16-12-6-2-1-3-7-18(12)14/h4-5,8,19H,1-3,6-7H2. The van der Waals surface area contributed by atoms with E-state index in [9.17, 15) is 10.4 Å². The molecule has 6 heteroatoms. The van der Waals surface area contributed by atoms with Gasteiger partial charge in [0.25, 0.3) is 0 Å². The van der Waals surface area contributed by atoms with Crippen LogP contribution in [-0.2, 0) is 13.0 Å². The number of aliphatic hydroxyl groups excluding tert-OH is 1. The molecule has 3 rings (SSSR count). The predicted molar refractivity (Wildman–Crippen MR) is 77.0 cm³/mol. The van der Waals surface area contributed by atoms with Gasteiger partial charge in [-0.05, 0) is 24.3 Å². The molecule has 0 atom stereocenters. The third-order valence-electron chi connectivity index (χ3n) is 3.44. The van der Waals surface area contributed by atoms with Gasteiger partial charge in [0.15, 0.2) is 11.6 Å². The molecular formula is C14H14N4OS. The number of aryl methyl sites for hydroxylation is 1. The number of rotatable bonds is 2. The third kappa shape index (κ3) is 2.21. The van der Waals surface area contributed by atoms with E-state index in [2.05, 4.69) is 16.3 Å². The van der Waals surface area contributed by atoms with Crippen LogP contribution in [0.5, 0.6) is 0 Å². The summed E-state index contributed by atoms with van der Waals surface area (Å²) in [6.45, 7) is 0.806. The zero-order valence-corrected chi connectivity index (χ0v) is 11.7.